The third-order valence-corrected chi connectivity index (χ3v) is 3.46. The fourth-order valence-electron chi connectivity index (χ4n) is 2.47. The minimum atomic E-state index is 0.134. The Labute approximate surface area is 111 Å². The lowest BCUT2D eigenvalue weighted by atomic mass is 10.1. The molecule has 0 radical (unpaired) electrons. The fourth-order valence-corrected chi connectivity index (χ4v) is 2.47. The quantitative estimate of drug-likeness (QED) is 0.897. The third kappa shape index (κ3) is 2.13. The predicted octanol–water partition coefficient (Wildman–Crippen LogP) is 1.18. The Hall–Kier alpha value is -2.14. The molecule has 3 rings (SSSR count). The van der Waals surface area contributed by atoms with Crippen LogP contribution in [0.25, 0.3) is 5.69 Å². The summed E-state index contributed by atoms with van der Waals surface area (Å²) >= 11 is 0. The fraction of sp³-hybridized carbons (Fsp3) is 0.286. The van der Waals surface area contributed by atoms with Gasteiger partial charge in [0.15, 0.2) is 0 Å². The topological polar surface area (TPSA) is 64.2 Å². The highest BCUT2D eigenvalue weighted by atomic mass is 16.2. The van der Waals surface area contributed by atoms with Crippen molar-refractivity contribution in [2.75, 3.05) is 18.0 Å². The Kier molecular flexibility index (Phi) is 3.05. The monoisotopic (exact) mass is 256 g/mol. The van der Waals surface area contributed by atoms with Crippen molar-refractivity contribution in [3.8, 4) is 5.69 Å². The Morgan fingerprint density at radius 3 is 2.68 bits per heavy atom. The van der Waals surface area contributed by atoms with Crippen LogP contribution < -0.4 is 10.6 Å². The first kappa shape index (κ1) is 11.9. The number of nitrogens with two attached hydrogens (primary N) is 1. The van der Waals surface area contributed by atoms with Crippen molar-refractivity contribution < 1.29 is 4.79 Å². The molecule has 0 aliphatic carbocycles. The smallest absolute Gasteiger partial charge is 0.227 e. The molecule has 1 aliphatic heterocycles. The van der Waals surface area contributed by atoms with Crippen molar-refractivity contribution in [1.82, 2.24) is 9.78 Å². The lowest BCUT2D eigenvalue weighted by Gasteiger charge is -2.20. The van der Waals surface area contributed by atoms with E-state index in [1.807, 2.05) is 41.4 Å². The standard InChI is InChI=1S/C14H16N4O/c15-9-11-8-14(19)17(10-11)12-4-1-2-5-13(12)18-7-3-6-16-18/h1-7,11H,8-10,15H2. The van der Waals surface area contributed by atoms with Gasteiger partial charge in [0, 0.05) is 25.4 Å². The van der Waals surface area contributed by atoms with Crippen LogP contribution in [0.1, 0.15) is 6.42 Å². The predicted molar refractivity (Wildman–Crippen MR) is 73.1 cm³/mol. The normalized spacial score (nSPS) is 19.1. The molecule has 1 amide bonds. The number of carbonyl (C=O) groups is 1. The van der Waals surface area contributed by atoms with Crippen LogP contribution in [0.3, 0.4) is 0 Å². The van der Waals surface area contributed by atoms with Gasteiger partial charge in [0.1, 0.15) is 0 Å². The SMILES string of the molecule is NCC1CC(=O)N(c2ccccc2-n2cccn2)C1. The molecule has 1 saturated heterocycles. The van der Waals surface area contributed by atoms with Crippen molar-refractivity contribution >= 4 is 11.6 Å². The van der Waals surface area contributed by atoms with Crippen molar-refractivity contribution in [2.45, 2.75) is 6.42 Å². The van der Waals surface area contributed by atoms with Gasteiger partial charge in [0.25, 0.3) is 0 Å². The van der Waals surface area contributed by atoms with Crippen LogP contribution in [0, 0.1) is 5.92 Å². The summed E-state index contributed by atoms with van der Waals surface area (Å²) in [7, 11) is 0. The number of amides is 1. The molecule has 98 valence electrons. The third-order valence-electron chi connectivity index (χ3n) is 3.46. The van der Waals surface area contributed by atoms with Gasteiger partial charge >= 0.3 is 0 Å². The molecule has 2 N–H and O–H groups in total. The highest BCUT2D eigenvalue weighted by Crippen LogP contribution is 2.29. The largest absolute Gasteiger partial charge is 0.330 e. The molecule has 0 bridgehead atoms. The van der Waals surface area contributed by atoms with Crippen LogP contribution in [-0.4, -0.2) is 28.8 Å². The molecule has 2 aromatic rings. The lowest BCUT2D eigenvalue weighted by molar-refractivity contribution is -0.117. The number of hydrogen-bond acceptors (Lipinski definition) is 3. The highest BCUT2D eigenvalue weighted by molar-refractivity contribution is 5.97. The van der Waals surface area contributed by atoms with E-state index in [0.717, 1.165) is 11.4 Å². The summed E-state index contributed by atoms with van der Waals surface area (Å²) in [6.45, 7) is 1.24. The van der Waals surface area contributed by atoms with E-state index in [2.05, 4.69) is 5.10 Å². The maximum atomic E-state index is 12.1. The molecular weight excluding hydrogens is 240 g/mol. The van der Waals surface area contributed by atoms with Crippen molar-refractivity contribution in [2.24, 2.45) is 11.7 Å². The number of anilines is 1. The van der Waals surface area contributed by atoms with Gasteiger partial charge in [-0.15, -0.1) is 0 Å². The first-order valence-corrected chi connectivity index (χ1v) is 6.39. The summed E-state index contributed by atoms with van der Waals surface area (Å²) in [5.74, 6) is 0.383. The van der Waals surface area contributed by atoms with Gasteiger partial charge in [-0.3, -0.25) is 4.79 Å². The molecule has 1 atom stereocenters. The second-order valence-electron chi connectivity index (χ2n) is 4.75. The number of benzene rings is 1. The highest BCUT2D eigenvalue weighted by Gasteiger charge is 2.31. The maximum Gasteiger partial charge on any atom is 0.227 e. The van der Waals surface area contributed by atoms with E-state index in [1.54, 1.807) is 10.9 Å². The number of rotatable bonds is 3. The lowest BCUT2D eigenvalue weighted by Crippen LogP contribution is -2.27. The van der Waals surface area contributed by atoms with E-state index in [4.69, 9.17) is 5.73 Å². The molecule has 0 saturated carbocycles. The summed E-state index contributed by atoms with van der Waals surface area (Å²) in [6, 6.07) is 9.66. The number of carbonyl (C=O) groups excluding carboxylic acids is 1. The van der Waals surface area contributed by atoms with Crippen LogP contribution in [0.5, 0.6) is 0 Å². The molecule has 0 spiro atoms. The molecule has 5 nitrogen and oxygen atoms in total. The van der Waals surface area contributed by atoms with Gasteiger partial charge in [0.05, 0.1) is 11.4 Å². The summed E-state index contributed by atoms with van der Waals surface area (Å²) in [6.07, 6.45) is 4.13. The Balaban J connectivity index is 2.00. The Morgan fingerprint density at radius 2 is 2.05 bits per heavy atom. The van der Waals surface area contributed by atoms with Gasteiger partial charge in [-0.05, 0) is 30.7 Å². The zero-order chi connectivity index (χ0) is 13.2. The number of nitrogens with zero attached hydrogens (tertiary/aromatic N) is 3. The Bertz CT molecular complexity index is 579. The summed E-state index contributed by atoms with van der Waals surface area (Å²) in [4.78, 5) is 13.9. The number of aromatic nitrogens is 2. The van der Waals surface area contributed by atoms with E-state index in [1.165, 1.54) is 0 Å². The van der Waals surface area contributed by atoms with Gasteiger partial charge in [-0.2, -0.15) is 5.10 Å². The van der Waals surface area contributed by atoms with Gasteiger partial charge in [-0.1, -0.05) is 12.1 Å². The second-order valence-corrected chi connectivity index (χ2v) is 4.75. The van der Waals surface area contributed by atoms with E-state index in [9.17, 15) is 4.79 Å². The van der Waals surface area contributed by atoms with Crippen LogP contribution >= 0.6 is 0 Å². The van der Waals surface area contributed by atoms with E-state index < -0.39 is 0 Å². The molecule has 5 heteroatoms. The molecule has 1 unspecified atom stereocenters. The molecule has 1 aromatic heterocycles. The molecule has 19 heavy (non-hydrogen) atoms. The average Bonchev–Trinajstić information content (AvgIpc) is 3.08. The molecule has 1 aliphatic rings. The molecule has 1 fully saturated rings. The Morgan fingerprint density at radius 1 is 1.26 bits per heavy atom. The summed E-state index contributed by atoms with van der Waals surface area (Å²) in [5, 5.41) is 4.24. The van der Waals surface area contributed by atoms with Gasteiger partial charge < -0.3 is 10.6 Å². The van der Waals surface area contributed by atoms with Crippen molar-refractivity contribution in [3.63, 3.8) is 0 Å². The van der Waals surface area contributed by atoms with Crippen LogP contribution in [0.2, 0.25) is 0 Å². The average molecular weight is 256 g/mol. The zero-order valence-corrected chi connectivity index (χ0v) is 10.6. The zero-order valence-electron chi connectivity index (χ0n) is 10.6. The van der Waals surface area contributed by atoms with Gasteiger partial charge in [0.2, 0.25) is 5.91 Å². The number of para-hydroxylation sites is 2. The molecule has 2 heterocycles. The van der Waals surface area contributed by atoms with Crippen LogP contribution in [-0.2, 0) is 4.79 Å². The van der Waals surface area contributed by atoms with E-state index in [0.29, 0.717) is 19.5 Å². The van der Waals surface area contributed by atoms with Crippen molar-refractivity contribution in [1.29, 1.82) is 0 Å². The van der Waals surface area contributed by atoms with Crippen LogP contribution in [0.15, 0.2) is 42.7 Å². The van der Waals surface area contributed by atoms with Gasteiger partial charge in [-0.25, -0.2) is 4.68 Å². The summed E-state index contributed by atoms with van der Waals surface area (Å²) in [5.41, 5.74) is 7.48. The molecular formula is C14H16N4O. The maximum absolute atomic E-state index is 12.1. The number of hydrogen-bond donors (Lipinski definition) is 1. The van der Waals surface area contributed by atoms with Crippen LogP contribution in [0.4, 0.5) is 5.69 Å². The summed E-state index contributed by atoms with van der Waals surface area (Å²) < 4.78 is 1.78. The minimum absolute atomic E-state index is 0.134. The minimum Gasteiger partial charge on any atom is -0.330 e. The molecule has 1 aromatic carbocycles. The van der Waals surface area contributed by atoms with Crippen molar-refractivity contribution in [3.05, 3.63) is 42.7 Å². The van der Waals surface area contributed by atoms with E-state index >= 15 is 0 Å². The van der Waals surface area contributed by atoms with E-state index in [-0.39, 0.29) is 11.8 Å². The first-order valence-electron chi connectivity index (χ1n) is 6.39. The first-order chi connectivity index (χ1) is 9.29. The second kappa shape index (κ2) is 4.85.